The first-order valence-corrected chi connectivity index (χ1v) is 16.5. The second-order valence-corrected chi connectivity index (χ2v) is 12.6. The minimum absolute atomic E-state index is 0.0141. The standard InChI is InChI=1S/C36H58O8/c1-9-10-11-12-14-17-25(2)22-32-23-26(3)18-15-13-16-19-33(41-29(6)37)34(42-30(7)38)21-20-27(4)24-35(43-31(8)39)28(5)36(40)44-32/h13-15,17,22,26-28,32-35H,9-12,16,18-21,23-24H2,1-8H3/b15-13+,17-14-,25-22+. The Morgan fingerprint density at radius 1 is 0.818 bits per heavy atom. The Hall–Kier alpha value is -2.90. The third-order valence-corrected chi connectivity index (χ3v) is 7.90. The highest BCUT2D eigenvalue weighted by molar-refractivity contribution is 5.74. The quantitative estimate of drug-likeness (QED) is 0.0842. The summed E-state index contributed by atoms with van der Waals surface area (Å²) in [6.45, 7) is 14.1. The molecule has 0 N–H and O–H groups in total. The number of hydrogen-bond donors (Lipinski definition) is 0. The molecule has 250 valence electrons. The Morgan fingerprint density at radius 3 is 2.05 bits per heavy atom. The van der Waals surface area contributed by atoms with E-state index in [1.807, 2.05) is 19.9 Å². The second-order valence-electron chi connectivity index (χ2n) is 12.6. The second kappa shape index (κ2) is 21.7. The van der Waals surface area contributed by atoms with Crippen LogP contribution in [-0.2, 0) is 38.1 Å². The molecule has 0 aromatic rings. The van der Waals surface area contributed by atoms with Crippen molar-refractivity contribution in [3.63, 3.8) is 0 Å². The van der Waals surface area contributed by atoms with Gasteiger partial charge in [0.1, 0.15) is 24.4 Å². The molecule has 0 amide bonds. The largest absolute Gasteiger partial charge is 0.462 e. The molecule has 7 unspecified atom stereocenters. The average molecular weight is 619 g/mol. The van der Waals surface area contributed by atoms with Crippen molar-refractivity contribution in [1.29, 1.82) is 0 Å². The van der Waals surface area contributed by atoms with E-state index in [0.717, 1.165) is 24.8 Å². The SMILES string of the molecule is CCCCC/C=C\C(C)=C\C1CC(C)C/C=C/CCC(OC(C)=O)C(OC(C)=O)CCC(C)CC(OC(C)=O)C(C)C(=O)O1. The molecule has 0 bridgehead atoms. The number of ether oxygens (including phenoxy) is 4. The van der Waals surface area contributed by atoms with Crippen LogP contribution in [-0.4, -0.2) is 48.3 Å². The van der Waals surface area contributed by atoms with Crippen molar-refractivity contribution in [2.45, 2.75) is 150 Å². The van der Waals surface area contributed by atoms with Crippen LogP contribution < -0.4 is 0 Å². The van der Waals surface area contributed by atoms with Gasteiger partial charge in [0.05, 0.1) is 5.92 Å². The van der Waals surface area contributed by atoms with Gasteiger partial charge >= 0.3 is 23.9 Å². The third-order valence-electron chi connectivity index (χ3n) is 7.90. The average Bonchev–Trinajstić information content (AvgIpc) is 2.92. The van der Waals surface area contributed by atoms with Crippen LogP contribution in [0.2, 0.25) is 0 Å². The molecule has 7 atom stereocenters. The molecule has 8 heteroatoms. The highest BCUT2D eigenvalue weighted by Gasteiger charge is 2.33. The van der Waals surface area contributed by atoms with Crippen LogP contribution in [0.4, 0.5) is 0 Å². The van der Waals surface area contributed by atoms with Gasteiger partial charge in [-0.3, -0.25) is 19.2 Å². The minimum Gasteiger partial charge on any atom is -0.462 e. The van der Waals surface area contributed by atoms with Crippen molar-refractivity contribution in [3.8, 4) is 0 Å². The highest BCUT2D eigenvalue weighted by atomic mass is 16.6. The van der Waals surface area contributed by atoms with E-state index in [9.17, 15) is 19.2 Å². The van der Waals surface area contributed by atoms with Gasteiger partial charge in [-0.15, -0.1) is 0 Å². The zero-order chi connectivity index (χ0) is 33.1. The van der Waals surface area contributed by atoms with E-state index < -0.39 is 54.2 Å². The fraction of sp³-hybridized carbons (Fsp3) is 0.722. The first-order chi connectivity index (χ1) is 20.8. The molecule has 1 aliphatic heterocycles. The molecule has 0 aromatic heterocycles. The van der Waals surface area contributed by atoms with Crippen molar-refractivity contribution in [3.05, 3.63) is 36.0 Å². The number of esters is 4. The Balaban J connectivity index is 3.31. The van der Waals surface area contributed by atoms with Crippen LogP contribution in [0.15, 0.2) is 36.0 Å². The third kappa shape index (κ3) is 17.4. The lowest BCUT2D eigenvalue weighted by Gasteiger charge is -2.29. The van der Waals surface area contributed by atoms with Crippen LogP contribution in [0, 0.1) is 17.8 Å². The Bertz CT molecular complexity index is 981. The van der Waals surface area contributed by atoms with E-state index in [4.69, 9.17) is 18.9 Å². The van der Waals surface area contributed by atoms with Crippen molar-refractivity contribution >= 4 is 23.9 Å². The number of allylic oxidation sites excluding steroid dienone is 5. The monoisotopic (exact) mass is 618 g/mol. The van der Waals surface area contributed by atoms with E-state index in [2.05, 4.69) is 38.2 Å². The maximum Gasteiger partial charge on any atom is 0.313 e. The molecule has 1 rings (SSSR count). The lowest BCUT2D eigenvalue weighted by molar-refractivity contribution is -0.167. The van der Waals surface area contributed by atoms with Crippen LogP contribution in [0.25, 0.3) is 0 Å². The summed E-state index contributed by atoms with van der Waals surface area (Å²) in [4.78, 5) is 49.4. The summed E-state index contributed by atoms with van der Waals surface area (Å²) in [6, 6.07) is 0. The maximum absolute atomic E-state index is 13.5. The molecular formula is C36H58O8. The zero-order valence-corrected chi connectivity index (χ0v) is 28.5. The molecule has 0 fully saturated rings. The molecule has 44 heavy (non-hydrogen) atoms. The predicted octanol–water partition coefficient (Wildman–Crippen LogP) is 7.98. The molecule has 0 radical (unpaired) electrons. The molecule has 0 saturated heterocycles. The zero-order valence-electron chi connectivity index (χ0n) is 28.5. The number of carbonyl (C=O) groups is 4. The Morgan fingerprint density at radius 2 is 1.43 bits per heavy atom. The number of cyclic esters (lactones) is 1. The maximum atomic E-state index is 13.5. The fourth-order valence-electron chi connectivity index (χ4n) is 5.49. The van der Waals surface area contributed by atoms with Gasteiger partial charge in [-0.2, -0.15) is 0 Å². The van der Waals surface area contributed by atoms with E-state index >= 15 is 0 Å². The van der Waals surface area contributed by atoms with Gasteiger partial charge in [0, 0.05) is 20.8 Å². The molecule has 0 saturated carbocycles. The highest BCUT2D eigenvalue weighted by Crippen LogP contribution is 2.27. The summed E-state index contributed by atoms with van der Waals surface area (Å²) in [5, 5.41) is 0. The smallest absolute Gasteiger partial charge is 0.313 e. The lowest BCUT2D eigenvalue weighted by Crippen LogP contribution is -2.36. The van der Waals surface area contributed by atoms with Crippen LogP contribution in [0.3, 0.4) is 0 Å². The normalized spacial score (nSPS) is 29.1. The van der Waals surface area contributed by atoms with Gasteiger partial charge in [0.25, 0.3) is 0 Å². The van der Waals surface area contributed by atoms with E-state index in [-0.39, 0.29) is 11.8 Å². The molecular weight excluding hydrogens is 560 g/mol. The van der Waals surface area contributed by atoms with Gasteiger partial charge in [0.2, 0.25) is 0 Å². The van der Waals surface area contributed by atoms with Crippen LogP contribution in [0.1, 0.15) is 126 Å². The summed E-state index contributed by atoms with van der Waals surface area (Å²) in [5.74, 6) is -2.16. The van der Waals surface area contributed by atoms with E-state index in [1.165, 1.54) is 33.6 Å². The van der Waals surface area contributed by atoms with Crippen molar-refractivity contribution in [2.75, 3.05) is 0 Å². The summed E-state index contributed by atoms with van der Waals surface area (Å²) in [7, 11) is 0. The van der Waals surface area contributed by atoms with Gasteiger partial charge in [0.15, 0.2) is 0 Å². The predicted molar refractivity (Wildman–Crippen MR) is 173 cm³/mol. The van der Waals surface area contributed by atoms with Crippen molar-refractivity contribution < 1.29 is 38.1 Å². The lowest BCUT2D eigenvalue weighted by atomic mass is 9.89. The van der Waals surface area contributed by atoms with Gasteiger partial charge in [-0.05, 0) is 89.5 Å². The van der Waals surface area contributed by atoms with Crippen LogP contribution in [0.5, 0.6) is 0 Å². The molecule has 8 nitrogen and oxygen atoms in total. The van der Waals surface area contributed by atoms with E-state index in [1.54, 1.807) is 6.92 Å². The summed E-state index contributed by atoms with van der Waals surface area (Å²) < 4.78 is 23.0. The summed E-state index contributed by atoms with van der Waals surface area (Å²) in [5.41, 5.74) is 1.04. The summed E-state index contributed by atoms with van der Waals surface area (Å²) >= 11 is 0. The number of unbranched alkanes of at least 4 members (excludes halogenated alkanes) is 3. The van der Waals surface area contributed by atoms with Gasteiger partial charge in [-0.25, -0.2) is 0 Å². The molecule has 1 heterocycles. The number of carbonyl (C=O) groups excluding carboxylic acids is 4. The first kappa shape index (κ1) is 39.1. The molecule has 0 spiro atoms. The van der Waals surface area contributed by atoms with Gasteiger partial charge in [-0.1, -0.05) is 63.5 Å². The topological polar surface area (TPSA) is 105 Å². The van der Waals surface area contributed by atoms with Crippen molar-refractivity contribution in [1.82, 2.24) is 0 Å². The fourth-order valence-corrected chi connectivity index (χ4v) is 5.49. The molecule has 0 aliphatic carbocycles. The molecule has 1 aliphatic rings. The number of rotatable bonds is 9. The molecule has 0 aromatic carbocycles. The first-order valence-electron chi connectivity index (χ1n) is 16.5. The van der Waals surface area contributed by atoms with Crippen LogP contribution >= 0.6 is 0 Å². The minimum atomic E-state index is -0.672. The van der Waals surface area contributed by atoms with Crippen molar-refractivity contribution in [2.24, 2.45) is 17.8 Å². The Labute approximate surface area is 266 Å². The summed E-state index contributed by atoms with van der Waals surface area (Å²) in [6.07, 6.45) is 16.8. The van der Waals surface area contributed by atoms with Gasteiger partial charge < -0.3 is 18.9 Å². The van der Waals surface area contributed by atoms with E-state index in [0.29, 0.717) is 38.5 Å². The number of hydrogen-bond acceptors (Lipinski definition) is 8. The Kier molecular flexibility index (Phi) is 19.3.